The lowest BCUT2D eigenvalue weighted by molar-refractivity contribution is 0.0884. The van der Waals surface area contributed by atoms with Crippen molar-refractivity contribution in [3.8, 4) is 5.75 Å². The van der Waals surface area contributed by atoms with Crippen molar-refractivity contribution in [3.05, 3.63) is 29.3 Å². The van der Waals surface area contributed by atoms with Crippen molar-refractivity contribution in [2.24, 2.45) is 0 Å². The minimum atomic E-state index is -0.261. The summed E-state index contributed by atoms with van der Waals surface area (Å²) in [7, 11) is 0. The highest BCUT2D eigenvalue weighted by Gasteiger charge is 2.32. The first-order valence-electron chi connectivity index (χ1n) is 6.74. The summed E-state index contributed by atoms with van der Waals surface area (Å²) in [6.07, 6.45) is 5.33. The molecule has 0 aliphatic heterocycles. The highest BCUT2D eigenvalue weighted by Crippen LogP contribution is 2.29. The molecule has 1 fully saturated rings. The molecule has 2 N–H and O–H groups in total. The van der Waals surface area contributed by atoms with Crippen LogP contribution in [0.3, 0.4) is 0 Å². The summed E-state index contributed by atoms with van der Waals surface area (Å²) in [5, 5.41) is 12.6. The van der Waals surface area contributed by atoms with Gasteiger partial charge in [0.1, 0.15) is 5.75 Å². The number of aryl methyl sites for hydroxylation is 1. The normalized spacial score (nSPS) is 18.0. The molecule has 2 rings (SSSR count). The summed E-state index contributed by atoms with van der Waals surface area (Å²) >= 11 is 6.07. The molecule has 0 bridgehead atoms. The maximum absolute atomic E-state index is 12.3. The third kappa shape index (κ3) is 3.21. The average molecular weight is 282 g/mol. The Morgan fingerprint density at radius 3 is 2.63 bits per heavy atom. The van der Waals surface area contributed by atoms with Crippen LogP contribution < -0.4 is 5.32 Å². The molecule has 1 aromatic carbocycles. The molecular formula is C15H20ClNO2. The van der Waals surface area contributed by atoms with E-state index in [0.29, 0.717) is 17.0 Å². The fourth-order valence-corrected chi connectivity index (χ4v) is 2.96. The van der Waals surface area contributed by atoms with Crippen molar-refractivity contribution in [2.45, 2.75) is 44.6 Å². The molecule has 0 radical (unpaired) electrons. The molecule has 19 heavy (non-hydrogen) atoms. The van der Waals surface area contributed by atoms with Crippen LogP contribution in [-0.2, 0) is 0 Å². The van der Waals surface area contributed by atoms with Gasteiger partial charge in [-0.25, -0.2) is 0 Å². The number of aromatic hydroxyl groups is 1. The van der Waals surface area contributed by atoms with Gasteiger partial charge in [0.2, 0.25) is 0 Å². The first-order valence-corrected chi connectivity index (χ1v) is 7.28. The Hall–Kier alpha value is -1.22. The molecule has 1 saturated carbocycles. The predicted octanol–water partition coefficient (Wildman–Crippen LogP) is 3.37. The van der Waals surface area contributed by atoms with E-state index < -0.39 is 0 Å². The van der Waals surface area contributed by atoms with Crippen molar-refractivity contribution < 1.29 is 9.90 Å². The Balaban J connectivity index is 2.12. The standard InChI is InChI=1S/C15H20ClNO2/c1-11-9-12(5-6-13(11)18)14(19)17-15(10-16)7-3-2-4-8-15/h5-6,9,18H,2-4,7-8,10H2,1H3,(H,17,19). The molecule has 0 heterocycles. The lowest BCUT2D eigenvalue weighted by atomic mass is 9.83. The molecule has 104 valence electrons. The zero-order valence-corrected chi connectivity index (χ0v) is 12.0. The topological polar surface area (TPSA) is 49.3 Å². The zero-order valence-electron chi connectivity index (χ0n) is 11.2. The maximum Gasteiger partial charge on any atom is 0.251 e. The van der Waals surface area contributed by atoms with Crippen molar-refractivity contribution in [2.75, 3.05) is 5.88 Å². The molecule has 1 aliphatic carbocycles. The minimum absolute atomic E-state index is 0.106. The van der Waals surface area contributed by atoms with Gasteiger partial charge in [-0.1, -0.05) is 19.3 Å². The Morgan fingerprint density at radius 1 is 1.37 bits per heavy atom. The SMILES string of the molecule is Cc1cc(C(=O)NC2(CCl)CCCCC2)ccc1O. The highest BCUT2D eigenvalue weighted by atomic mass is 35.5. The summed E-state index contributed by atoms with van der Waals surface area (Å²) in [5.74, 6) is 0.558. The quantitative estimate of drug-likeness (QED) is 0.835. The second-order valence-electron chi connectivity index (χ2n) is 5.43. The Morgan fingerprint density at radius 2 is 2.05 bits per heavy atom. The van der Waals surface area contributed by atoms with Crippen LogP contribution in [0.15, 0.2) is 18.2 Å². The highest BCUT2D eigenvalue weighted by molar-refractivity contribution is 6.19. The smallest absolute Gasteiger partial charge is 0.251 e. The summed E-state index contributed by atoms with van der Waals surface area (Å²) in [6.45, 7) is 1.78. The average Bonchev–Trinajstić information content (AvgIpc) is 2.43. The van der Waals surface area contributed by atoms with Crippen LogP contribution in [0.1, 0.15) is 48.0 Å². The summed E-state index contributed by atoms with van der Waals surface area (Å²) in [4.78, 5) is 12.3. The van der Waals surface area contributed by atoms with Crippen LogP contribution in [0.25, 0.3) is 0 Å². The number of hydrogen-bond donors (Lipinski definition) is 2. The molecule has 0 atom stereocenters. The Kier molecular flexibility index (Phi) is 4.35. The summed E-state index contributed by atoms with van der Waals surface area (Å²) < 4.78 is 0. The third-order valence-electron chi connectivity index (χ3n) is 3.90. The van der Waals surface area contributed by atoms with Crippen molar-refractivity contribution >= 4 is 17.5 Å². The summed E-state index contributed by atoms with van der Waals surface area (Å²) in [6, 6.07) is 4.90. The van der Waals surface area contributed by atoms with E-state index in [1.807, 2.05) is 0 Å². The van der Waals surface area contributed by atoms with E-state index in [2.05, 4.69) is 5.32 Å². The number of phenolic OH excluding ortho intramolecular Hbond substituents is 1. The number of carbonyl (C=O) groups is 1. The van der Waals surface area contributed by atoms with Gasteiger partial charge < -0.3 is 10.4 Å². The van der Waals surface area contributed by atoms with Crippen LogP contribution in [-0.4, -0.2) is 22.4 Å². The number of amides is 1. The van der Waals surface area contributed by atoms with Gasteiger partial charge in [0.15, 0.2) is 0 Å². The fraction of sp³-hybridized carbons (Fsp3) is 0.533. The number of phenols is 1. The number of benzene rings is 1. The van der Waals surface area contributed by atoms with Gasteiger partial charge in [-0.05, 0) is 43.5 Å². The van der Waals surface area contributed by atoms with Gasteiger partial charge in [-0.15, -0.1) is 11.6 Å². The third-order valence-corrected chi connectivity index (χ3v) is 4.42. The lowest BCUT2D eigenvalue weighted by Gasteiger charge is -2.36. The molecule has 0 aromatic heterocycles. The molecular weight excluding hydrogens is 262 g/mol. The second kappa shape index (κ2) is 5.83. The van der Waals surface area contributed by atoms with Gasteiger partial charge in [-0.2, -0.15) is 0 Å². The first kappa shape index (κ1) is 14.2. The molecule has 1 aliphatic rings. The van der Waals surface area contributed by atoms with Crippen molar-refractivity contribution in [3.63, 3.8) is 0 Å². The second-order valence-corrected chi connectivity index (χ2v) is 5.70. The molecule has 1 amide bonds. The number of alkyl halides is 1. The van der Waals surface area contributed by atoms with E-state index >= 15 is 0 Å². The van der Waals surface area contributed by atoms with Crippen LogP contribution in [0.5, 0.6) is 5.75 Å². The molecule has 0 spiro atoms. The minimum Gasteiger partial charge on any atom is -0.508 e. The Bertz CT molecular complexity index is 467. The van der Waals surface area contributed by atoms with Gasteiger partial charge in [-0.3, -0.25) is 4.79 Å². The van der Waals surface area contributed by atoms with E-state index in [9.17, 15) is 9.90 Å². The molecule has 0 unspecified atom stereocenters. The van der Waals surface area contributed by atoms with Crippen molar-refractivity contribution in [1.29, 1.82) is 0 Å². The number of hydrogen-bond acceptors (Lipinski definition) is 2. The molecule has 3 nitrogen and oxygen atoms in total. The molecule has 4 heteroatoms. The lowest BCUT2D eigenvalue weighted by Crippen LogP contribution is -2.51. The predicted molar refractivity (Wildman–Crippen MR) is 76.8 cm³/mol. The number of rotatable bonds is 3. The maximum atomic E-state index is 12.3. The van der Waals surface area contributed by atoms with Crippen LogP contribution in [0.4, 0.5) is 0 Å². The van der Waals surface area contributed by atoms with Gasteiger partial charge in [0.25, 0.3) is 5.91 Å². The number of halogens is 1. The number of nitrogens with one attached hydrogen (secondary N) is 1. The van der Waals surface area contributed by atoms with E-state index in [4.69, 9.17) is 11.6 Å². The van der Waals surface area contributed by atoms with Crippen molar-refractivity contribution in [1.82, 2.24) is 5.32 Å². The Labute approximate surface area is 119 Å². The van der Waals surface area contributed by atoms with Gasteiger partial charge in [0, 0.05) is 11.4 Å². The van der Waals surface area contributed by atoms with E-state index in [1.54, 1.807) is 25.1 Å². The van der Waals surface area contributed by atoms with E-state index in [1.165, 1.54) is 6.42 Å². The van der Waals surface area contributed by atoms with Crippen LogP contribution in [0.2, 0.25) is 0 Å². The summed E-state index contributed by atoms with van der Waals surface area (Å²) in [5.41, 5.74) is 1.02. The zero-order chi connectivity index (χ0) is 13.9. The van der Waals surface area contributed by atoms with E-state index in [0.717, 1.165) is 25.7 Å². The molecule has 0 saturated heterocycles. The van der Waals surface area contributed by atoms with Crippen LogP contribution >= 0.6 is 11.6 Å². The van der Waals surface area contributed by atoms with Gasteiger partial charge >= 0.3 is 0 Å². The first-order chi connectivity index (χ1) is 9.06. The van der Waals surface area contributed by atoms with Crippen LogP contribution in [0, 0.1) is 6.92 Å². The van der Waals surface area contributed by atoms with Gasteiger partial charge in [0.05, 0.1) is 5.54 Å². The molecule has 1 aromatic rings. The fourth-order valence-electron chi connectivity index (χ4n) is 2.63. The monoisotopic (exact) mass is 281 g/mol. The largest absolute Gasteiger partial charge is 0.508 e. The number of carbonyl (C=O) groups excluding carboxylic acids is 1. The van der Waals surface area contributed by atoms with E-state index in [-0.39, 0.29) is 17.2 Å².